The van der Waals surface area contributed by atoms with Gasteiger partial charge in [0.2, 0.25) is 0 Å². The van der Waals surface area contributed by atoms with Crippen LogP contribution in [0, 0.1) is 11.3 Å². The van der Waals surface area contributed by atoms with Crippen LogP contribution in [-0.2, 0) is 0 Å². The van der Waals surface area contributed by atoms with E-state index >= 15 is 0 Å². The lowest BCUT2D eigenvalue weighted by Gasteiger charge is -2.20. The number of nitrogens with two attached hydrogens (primary N) is 1. The molecule has 12 heavy (non-hydrogen) atoms. The third kappa shape index (κ3) is 4.32. The molecule has 3 heteroatoms. The van der Waals surface area contributed by atoms with Crippen LogP contribution in [0.25, 0.3) is 0 Å². The summed E-state index contributed by atoms with van der Waals surface area (Å²) in [6.07, 6.45) is 2.51. The molecule has 0 aromatic carbocycles. The molecule has 0 spiro atoms. The van der Waals surface area contributed by atoms with Crippen LogP contribution in [0.5, 0.6) is 0 Å². The molecule has 0 bridgehead atoms. The van der Waals surface area contributed by atoms with E-state index in [1.165, 1.54) is 0 Å². The van der Waals surface area contributed by atoms with Crippen molar-refractivity contribution in [2.45, 2.75) is 31.7 Å². The molecule has 3 nitrogen and oxygen atoms in total. The fourth-order valence-corrected chi connectivity index (χ4v) is 1.02. The largest absolute Gasteiger partial charge is 0.313 e. The molecule has 0 saturated carbocycles. The molecule has 0 aromatic rings. The molecule has 0 aliphatic rings. The minimum absolute atomic E-state index is 0.601. The molecule has 0 saturated heterocycles. The minimum Gasteiger partial charge on any atom is -0.313 e. The SMILES string of the molecule is CCC(N)(C#N)CCCN(C)C. The van der Waals surface area contributed by atoms with Crippen molar-refractivity contribution in [2.24, 2.45) is 5.73 Å². The summed E-state index contributed by atoms with van der Waals surface area (Å²) in [4.78, 5) is 2.10. The molecule has 1 unspecified atom stereocenters. The van der Waals surface area contributed by atoms with Crippen LogP contribution >= 0.6 is 0 Å². The molecular weight excluding hydrogens is 150 g/mol. The standard InChI is InChI=1S/C9H19N3/c1-4-9(11,8-10)6-5-7-12(2)3/h4-7,11H2,1-3H3. The van der Waals surface area contributed by atoms with Gasteiger partial charge in [0.15, 0.2) is 0 Å². The Morgan fingerprint density at radius 1 is 1.50 bits per heavy atom. The Labute approximate surface area is 75.2 Å². The monoisotopic (exact) mass is 169 g/mol. The lowest BCUT2D eigenvalue weighted by Crippen LogP contribution is -2.37. The lowest BCUT2D eigenvalue weighted by molar-refractivity contribution is 0.364. The van der Waals surface area contributed by atoms with E-state index in [2.05, 4.69) is 11.0 Å². The highest BCUT2D eigenvalue weighted by Crippen LogP contribution is 2.12. The van der Waals surface area contributed by atoms with Gasteiger partial charge >= 0.3 is 0 Å². The maximum Gasteiger partial charge on any atom is 0.104 e. The van der Waals surface area contributed by atoms with Gasteiger partial charge in [-0.3, -0.25) is 0 Å². The Kier molecular flexibility index (Phi) is 4.87. The molecule has 0 heterocycles. The summed E-state index contributed by atoms with van der Waals surface area (Å²) >= 11 is 0. The fraction of sp³-hybridized carbons (Fsp3) is 0.889. The van der Waals surface area contributed by atoms with Crippen molar-refractivity contribution >= 4 is 0 Å². The van der Waals surface area contributed by atoms with Crippen molar-refractivity contribution < 1.29 is 0 Å². The minimum atomic E-state index is -0.601. The van der Waals surface area contributed by atoms with E-state index in [4.69, 9.17) is 11.0 Å². The highest BCUT2D eigenvalue weighted by atomic mass is 15.0. The molecular formula is C9H19N3. The van der Waals surface area contributed by atoms with Gasteiger partial charge in [-0.25, -0.2) is 0 Å². The molecule has 1 atom stereocenters. The zero-order chi connectivity index (χ0) is 9.61. The van der Waals surface area contributed by atoms with Crippen LogP contribution in [0.2, 0.25) is 0 Å². The average Bonchev–Trinajstić information content (AvgIpc) is 2.03. The van der Waals surface area contributed by atoms with Crippen molar-refractivity contribution in [2.75, 3.05) is 20.6 Å². The second-order valence-corrected chi connectivity index (χ2v) is 3.53. The first kappa shape index (κ1) is 11.4. The van der Waals surface area contributed by atoms with Crippen LogP contribution in [0.15, 0.2) is 0 Å². The zero-order valence-corrected chi connectivity index (χ0v) is 8.30. The van der Waals surface area contributed by atoms with Crippen LogP contribution in [0.3, 0.4) is 0 Å². The third-order valence-electron chi connectivity index (χ3n) is 2.08. The summed E-state index contributed by atoms with van der Waals surface area (Å²) in [5, 5.41) is 8.76. The quantitative estimate of drug-likeness (QED) is 0.667. The van der Waals surface area contributed by atoms with Gasteiger partial charge in [-0.2, -0.15) is 5.26 Å². The van der Waals surface area contributed by atoms with Crippen molar-refractivity contribution in [3.63, 3.8) is 0 Å². The van der Waals surface area contributed by atoms with E-state index in [0.717, 1.165) is 25.8 Å². The smallest absolute Gasteiger partial charge is 0.104 e. The Morgan fingerprint density at radius 2 is 2.08 bits per heavy atom. The summed E-state index contributed by atoms with van der Waals surface area (Å²) in [5.41, 5.74) is 5.20. The fourth-order valence-electron chi connectivity index (χ4n) is 1.02. The summed E-state index contributed by atoms with van der Waals surface area (Å²) in [5.74, 6) is 0. The molecule has 0 fully saturated rings. The summed E-state index contributed by atoms with van der Waals surface area (Å²) in [6, 6.07) is 2.16. The highest BCUT2D eigenvalue weighted by molar-refractivity contribution is 5.03. The van der Waals surface area contributed by atoms with Gasteiger partial charge in [-0.05, 0) is 39.9 Å². The number of hydrogen-bond donors (Lipinski definition) is 1. The van der Waals surface area contributed by atoms with Gasteiger partial charge in [0, 0.05) is 0 Å². The van der Waals surface area contributed by atoms with Crippen LogP contribution in [0.1, 0.15) is 26.2 Å². The van der Waals surface area contributed by atoms with Gasteiger partial charge < -0.3 is 10.6 Å². The Balaban J connectivity index is 3.68. The highest BCUT2D eigenvalue weighted by Gasteiger charge is 2.20. The van der Waals surface area contributed by atoms with Crippen molar-refractivity contribution in [3.8, 4) is 6.07 Å². The van der Waals surface area contributed by atoms with E-state index in [1.54, 1.807) is 0 Å². The number of hydrogen-bond acceptors (Lipinski definition) is 3. The maximum absolute atomic E-state index is 8.76. The van der Waals surface area contributed by atoms with E-state index in [1.807, 2.05) is 21.0 Å². The van der Waals surface area contributed by atoms with Gasteiger partial charge in [0.05, 0.1) is 6.07 Å². The Morgan fingerprint density at radius 3 is 2.42 bits per heavy atom. The zero-order valence-electron chi connectivity index (χ0n) is 8.30. The van der Waals surface area contributed by atoms with Gasteiger partial charge in [-0.1, -0.05) is 6.92 Å². The predicted molar refractivity (Wildman–Crippen MR) is 50.6 cm³/mol. The Bertz CT molecular complexity index is 160. The molecule has 0 radical (unpaired) electrons. The van der Waals surface area contributed by atoms with Crippen LogP contribution < -0.4 is 5.73 Å². The van der Waals surface area contributed by atoms with Crippen molar-refractivity contribution in [1.82, 2.24) is 4.90 Å². The van der Waals surface area contributed by atoms with E-state index < -0.39 is 5.54 Å². The summed E-state index contributed by atoms with van der Waals surface area (Å²) in [6.45, 7) is 2.96. The first-order chi connectivity index (χ1) is 5.54. The van der Waals surface area contributed by atoms with Gasteiger partial charge in [0.25, 0.3) is 0 Å². The number of nitriles is 1. The normalized spacial score (nSPS) is 15.7. The molecule has 0 aliphatic heterocycles. The number of nitrogens with zero attached hydrogens (tertiary/aromatic N) is 2. The van der Waals surface area contributed by atoms with Gasteiger partial charge in [-0.15, -0.1) is 0 Å². The van der Waals surface area contributed by atoms with Crippen LogP contribution in [-0.4, -0.2) is 31.1 Å². The predicted octanol–water partition coefficient (Wildman–Crippen LogP) is 0.959. The maximum atomic E-state index is 8.76. The Hall–Kier alpha value is -0.590. The first-order valence-corrected chi connectivity index (χ1v) is 4.39. The lowest BCUT2D eigenvalue weighted by atomic mass is 9.93. The summed E-state index contributed by atoms with van der Waals surface area (Å²) < 4.78 is 0. The molecule has 0 aromatic heterocycles. The number of rotatable bonds is 5. The second-order valence-electron chi connectivity index (χ2n) is 3.53. The van der Waals surface area contributed by atoms with Gasteiger partial charge in [0.1, 0.15) is 5.54 Å². The second kappa shape index (κ2) is 5.13. The summed E-state index contributed by atoms with van der Waals surface area (Å²) in [7, 11) is 4.05. The van der Waals surface area contributed by atoms with E-state index in [0.29, 0.717) is 0 Å². The topological polar surface area (TPSA) is 53.1 Å². The average molecular weight is 169 g/mol. The third-order valence-corrected chi connectivity index (χ3v) is 2.08. The molecule has 0 rings (SSSR count). The first-order valence-electron chi connectivity index (χ1n) is 4.39. The van der Waals surface area contributed by atoms with E-state index in [-0.39, 0.29) is 0 Å². The van der Waals surface area contributed by atoms with Crippen LogP contribution in [0.4, 0.5) is 0 Å². The molecule has 70 valence electrons. The molecule has 2 N–H and O–H groups in total. The van der Waals surface area contributed by atoms with Crippen molar-refractivity contribution in [1.29, 1.82) is 5.26 Å². The molecule has 0 aliphatic carbocycles. The van der Waals surface area contributed by atoms with E-state index in [9.17, 15) is 0 Å². The molecule has 0 amide bonds. The van der Waals surface area contributed by atoms with Crippen molar-refractivity contribution in [3.05, 3.63) is 0 Å².